The van der Waals surface area contributed by atoms with E-state index in [2.05, 4.69) is 111 Å². The highest BCUT2D eigenvalue weighted by Gasteiger charge is 2.25. The van der Waals surface area contributed by atoms with Gasteiger partial charge < -0.3 is 4.90 Å². The lowest BCUT2D eigenvalue weighted by Gasteiger charge is -2.33. The van der Waals surface area contributed by atoms with Gasteiger partial charge in [0.2, 0.25) is 0 Å². The summed E-state index contributed by atoms with van der Waals surface area (Å²) in [4.78, 5) is 2.40. The van der Waals surface area contributed by atoms with E-state index in [0.29, 0.717) is 0 Å². The number of rotatable bonds is 1. The molecule has 0 fully saturated rings. The lowest BCUT2D eigenvalue weighted by molar-refractivity contribution is 0.590. The predicted octanol–water partition coefficient (Wildman–Crippen LogP) is 7.59. The molecule has 132 valence electrons. The smallest absolute Gasteiger partial charge is 0.0546 e. The fraction of sp³-hybridized carbons (Fsp3) is 0.154. The van der Waals surface area contributed by atoms with Gasteiger partial charge in [-0.15, -0.1) is 0 Å². The van der Waals surface area contributed by atoms with E-state index < -0.39 is 0 Å². The molecular formula is C26H23N. The van der Waals surface area contributed by atoms with Crippen LogP contribution in [0.5, 0.6) is 0 Å². The van der Waals surface area contributed by atoms with Crippen molar-refractivity contribution >= 4 is 27.8 Å². The molecule has 0 bridgehead atoms. The Hall–Kier alpha value is -3.06. The van der Waals surface area contributed by atoms with E-state index in [9.17, 15) is 0 Å². The van der Waals surface area contributed by atoms with Crippen molar-refractivity contribution in [3.05, 3.63) is 90.5 Å². The summed E-state index contributed by atoms with van der Waals surface area (Å²) >= 11 is 0. The van der Waals surface area contributed by atoms with Gasteiger partial charge in [0.25, 0.3) is 0 Å². The SMILES string of the molecule is CC(C)(C)c1ccc(N2c3ccccc3-c3cccc4cccc2c34)cc1. The van der Waals surface area contributed by atoms with Gasteiger partial charge in [0, 0.05) is 16.6 Å². The summed E-state index contributed by atoms with van der Waals surface area (Å²) in [5, 5.41) is 2.62. The third kappa shape index (κ3) is 2.46. The van der Waals surface area contributed by atoms with E-state index in [-0.39, 0.29) is 5.41 Å². The fourth-order valence-corrected chi connectivity index (χ4v) is 4.15. The predicted molar refractivity (Wildman–Crippen MR) is 116 cm³/mol. The number of nitrogens with zero attached hydrogens (tertiary/aromatic N) is 1. The molecule has 0 radical (unpaired) electrons. The average molecular weight is 349 g/mol. The number of benzene rings is 4. The van der Waals surface area contributed by atoms with Crippen LogP contribution in [0, 0.1) is 0 Å². The molecule has 1 aliphatic heterocycles. The zero-order valence-electron chi connectivity index (χ0n) is 16.0. The van der Waals surface area contributed by atoms with Crippen molar-refractivity contribution in [1.29, 1.82) is 0 Å². The van der Waals surface area contributed by atoms with Crippen molar-refractivity contribution in [1.82, 2.24) is 0 Å². The Bertz CT molecular complexity index is 1140. The molecule has 0 spiro atoms. The molecule has 0 saturated heterocycles. The van der Waals surface area contributed by atoms with Gasteiger partial charge in [-0.2, -0.15) is 0 Å². The van der Waals surface area contributed by atoms with Crippen molar-refractivity contribution in [3.8, 4) is 11.1 Å². The molecule has 5 rings (SSSR count). The van der Waals surface area contributed by atoms with Crippen LogP contribution < -0.4 is 4.90 Å². The maximum absolute atomic E-state index is 2.40. The van der Waals surface area contributed by atoms with Crippen molar-refractivity contribution in [2.24, 2.45) is 0 Å². The zero-order chi connectivity index (χ0) is 18.6. The first-order valence-corrected chi connectivity index (χ1v) is 9.56. The topological polar surface area (TPSA) is 3.24 Å². The highest BCUT2D eigenvalue weighted by Crippen LogP contribution is 2.50. The van der Waals surface area contributed by atoms with Gasteiger partial charge in [0.05, 0.1) is 11.4 Å². The van der Waals surface area contributed by atoms with Crippen LogP contribution >= 0.6 is 0 Å². The molecule has 27 heavy (non-hydrogen) atoms. The molecule has 0 unspecified atom stereocenters. The molecule has 0 atom stereocenters. The quantitative estimate of drug-likeness (QED) is 0.301. The van der Waals surface area contributed by atoms with Crippen molar-refractivity contribution in [2.75, 3.05) is 4.90 Å². The Labute approximate surface area is 160 Å². The van der Waals surface area contributed by atoms with Crippen molar-refractivity contribution < 1.29 is 0 Å². The minimum absolute atomic E-state index is 0.158. The summed E-state index contributed by atoms with van der Waals surface area (Å²) in [5.74, 6) is 0. The van der Waals surface area contributed by atoms with Crippen LogP contribution in [0.25, 0.3) is 21.9 Å². The summed E-state index contributed by atoms with van der Waals surface area (Å²) in [7, 11) is 0. The molecule has 0 amide bonds. The van der Waals surface area contributed by atoms with Crippen LogP contribution in [0.15, 0.2) is 84.9 Å². The van der Waals surface area contributed by atoms with Crippen LogP contribution in [-0.4, -0.2) is 0 Å². The van der Waals surface area contributed by atoms with Gasteiger partial charge in [-0.05, 0) is 46.2 Å². The number of anilines is 3. The van der Waals surface area contributed by atoms with E-state index in [1.807, 2.05) is 0 Å². The Kier molecular flexibility index (Phi) is 3.42. The van der Waals surface area contributed by atoms with Crippen LogP contribution in [0.4, 0.5) is 17.1 Å². The highest BCUT2D eigenvalue weighted by molar-refractivity contribution is 6.13. The maximum Gasteiger partial charge on any atom is 0.0546 e. The van der Waals surface area contributed by atoms with E-state index in [4.69, 9.17) is 0 Å². The van der Waals surface area contributed by atoms with Gasteiger partial charge in [-0.1, -0.05) is 81.4 Å². The summed E-state index contributed by atoms with van der Waals surface area (Å²) in [6, 6.07) is 31.0. The summed E-state index contributed by atoms with van der Waals surface area (Å²) in [6.45, 7) is 6.78. The van der Waals surface area contributed by atoms with Gasteiger partial charge in [-0.3, -0.25) is 0 Å². The second-order valence-electron chi connectivity index (χ2n) is 8.33. The number of hydrogen-bond acceptors (Lipinski definition) is 1. The molecule has 1 nitrogen and oxygen atoms in total. The van der Waals surface area contributed by atoms with E-state index >= 15 is 0 Å². The zero-order valence-corrected chi connectivity index (χ0v) is 16.0. The van der Waals surface area contributed by atoms with Gasteiger partial charge >= 0.3 is 0 Å². The Morgan fingerprint density at radius 1 is 0.593 bits per heavy atom. The minimum Gasteiger partial charge on any atom is -0.309 e. The molecule has 0 N–H and O–H groups in total. The summed E-state index contributed by atoms with van der Waals surface area (Å²) in [6.07, 6.45) is 0. The largest absolute Gasteiger partial charge is 0.309 e. The Balaban J connectivity index is 1.79. The molecule has 4 aromatic rings. The normalized spacial score (nSPS) is 12.9. The summed E-state index contributed by atoms with van der Waals surface area (Å²) < 4.78 is 0. The average Bonchev–Trinajstić information content (AvgIpc) is 2.68. The second kappa shape index (κ2) is 5.72. The molecule has 0 saturated carbocycles. The Morgan fingerprint density at radius 2 is 1.22 bits per heavy atom. The van der Waals surface area contributed by atoms with Crippen molar-refractivity contribution in [2.45, 2.75) is 26.2 Å². The molecule has 1 heteroatoms. The molecule has 1 aliphatic rings. The first-order valence-electron chi connectivity index (χ1n) is 9.56. The summed E-state index contributed by atoms with van der Waals surface area (Å²) in [5.41, 5.74) is 7.83. The van der Waals surface area contributed by atoms with Crippen LogP contribution in [0.3, 0.4) is 0 Å². The lowest BCUT2D eigenvalue weighted by atomic mass is 9.86. The van der Waals surface area contributed by atoms with Gasteiger partial charge in [0.1, 0.15) is 0 Å². The molecule has 4 aromatic carbocycles. The Morgan fingerprint density at radius 3 is 1.96 bits per heavy atom. The number of fused-ring (bicyclic) bond motifs is 2. The van der Waals surface area contributed by atoms with Crippen LogP contribution in [0.1, 0.15) is 26.3 Å². The maximum atomic E-state index is 2.40. The first-order chi connectivity index (χ1) is 13.0. The van der Waals surface area contributed by atoms with E-state index in [1.54, 1.807) is 0 Å². The highest BCUT2D eigenvalue weighted by atomic mass is 15.2. The van der Waals surface area contributed by atoms with Crippen molar-refractivity contribution in [3.63, 3.8) is 0 Å². The first kappa shape index (κ1) is 16.1. The van der Waals surface area contributed by atoms with Crippen LogP contribution in [-0.2, 0) is 5.41 Å². The third-order valence-corrected chi connectivity index (χ3v) is 5.55. The standard InChI is InChI=1S/C26H23N/c1-26(2,3)19-14-16-20(17-15-19)27-23-12-5-4-10-21(23)22-11-6-8-18-9-7-13-24(27)25(18)22/h4-17H,1-3H3. The molecular weight excluding hydrogens is 326 g/mol. The molecule has 0 aromatic heterocycles. The molecule has 1 heterocycles. The van der Waals surface area contributed by atoms with Gasteiger partial charge in [-0.25, -0.2) is 0 Å². The third-order valence-electron chi connectivity index (χ3n) is 5.55. The van der Waals surface area contributed by atoms with E-state index in [0.717, 1.165) is 0 Å². The van der Waals surface area contributed by atoms with Gasteiger partial charge in [0.15, 0.2) is 0 Å². The number of hydrogen-bond donors (Lipinski definition) is 0. The minimum atomic E-state index is 0.158. The fourth-order valence-electron chi connectivity index (χ4n) is 4.15. The lowest BCUT2D eigenvalue weighted by Crippen LogP contribution is -2.16. The monoisotopic (exact) mass is 349 g/mol. The molecule has 0 aliphatic carbocycles. The second-order valence-corrected chi connectivity index (χ2v) is 8.33. The number of para-hydroxylation sites is 1. The van der Waals surface area contributed by atoms with Crippen LogP contribution in [0.2, 0.25) is 0 Å². The van der Waals surface area contributed by atoms with E-state index in [1.165, 1.54) is 44.5 Å².